The van der Waals surface area contributed by atoms with E-state index < -0.39 is 5.54 Å². The van der Waals surface area contributed by atoms with Crippen molar-refractivity contribution in [3.8, 4) is 5.75 Å². The molecule has 1 aliphatic carbocycles. The van der Waals surface area contributed by atoms with Crippen molar-refractivity contribution in [2.45, 2.75) is 56.5 Å². The van der Waals surface area contributed by atoms with E-state index in [9.17, 15) is 9.59 Å². The first-order chi connectivity index (χ1) is 14.1. The number of benzene rings is 1. The molecule has 2 heterocycles. The van der Waals surface area contributed by atoms with Crippen molar-refractivity contribution in [2.24, 2.45) is 0 Å². The average Bonchev–Trinajstić information content (AvgIpc) is 3.22. The molecule has 0 spiro atoms. The third-order valence-electron chi connectivity index (χ3n) is 6.88. The predicted octanol–water partition coefficient (Wildman–Crippen LogP) is 1.41. The van der Waals surface area contributed by atoms with Gasteiger partial charge in [-0.05, 0) is 25.0 Å². The van der Waals surface area contributed by atoms with Gasteiger partial charge in [0.15, 0.2) is 0 Å². The summed E-state index contributed by atoms with van der Waals surface area (Å²) in [6.07, 6.45) is 6.93. The van der Waals surface area contributed by atoms with Gasteiger partial charge in [-0.15, -0.1) is 0 Å². The highest BCUT2D eigenvalue weighted by Gasteiger charge is 2.46. The monoisotopic (exact) mass is 401 g/mol. The molecule has 3 N–H and O–H groups in total. The van der Waals surface area contributed by atoms with Crippen LogP contribution in [0.3, 0.4) is 0 Å². The molecule has 2 saturated heterocycles. The minimum absolute atomic E-state index is 0.110. The lowest BCUT2D eigenvalue weighted by Gasteiger charge is -2.43. The zero-order valence-corrected chi connectivity index (χ0v) is 17.3. The van der Waals surface area contributed by atoms with Crippen molar-refractivity contribution in [3.63, 3.8) is 0 Å². The van der Waals surface area contributed by atoms with Gasteiger partial charge >= 0.3 is 6.03 Å². The molecule has 7 nitrogen and oxygen atoms in total. The van der Waals surface area contributed by atoms with Gasteiger partial charge in [-0.3, -0.25) is 4.79 Å². The Morgan fingerprint density at radius 2 is 1.93 bits per heavy atom. The molecule has 1 aromatic rings. The minimum atomic E-state index is -0.791. The number of nitrogens with zero attached hydrogens (tertiary/aromatic N) is 1. The molecule has 2 atom stereocenters. The number of para-hydroxylation sites is 2. The van der Waals surface area contributed by atoms with E-state index in [2.05, 4.69) is 10.6 Å². The molecule has 0 radical (unpaired) electrons. The predicted molar refractivity (Wildman–Crippen MR) is 111 cm³/mol. The maximum absolute atomic E-state index is 13.6. The number of carbonyl (C=O) groups excluding carboxylic acids is 2. The van der Waals surface area contributed by atoms with Crippen LogP contribution in [0.2, 0.25) is 0 Å². The molecule has 7 heteroatoms. The fourth-order valence-electron chi connectivity index (χ4n) is 5.32. The first-order valence-electron chi connectivity index (χ1n) is 11.0. The summed E-state index contributed by atoms with van der Waals surface area (Å²) in [5.74, 6) is 0.713. The van der Waals surface area contributed by atoms with E-state index in [0.717, 1.165) is 38.9 Å². The van der Waals surface area contributed by atoms with Crippen LogP contribution in [0, 0.1) is 0 Å². The third-order valence-corrected chi connectivity index (χ3v) is 6.88. The molecule has 3 amide bonds. The Morgan fingerprint density at radius 1 is 1.14 bits per heavy atom. The second kappa shape index (κ2) is 8.61. The summed E-state index contributed by atoms with van der Waals surface area (Å²) in [6.45, 7) is 3.88. The highest BCUT2D eigenvalue weighted by molar-refractivity contribution is 5.97. The number of carbonyl (C=O) groups is 2. The molecule has 2 aliphatic heterocycles. The Bertz CT molecular complexity index is 747. The summed E-state index contributed by atoms with van der Waals surface area (Å²) in [6, 6.07) is 7.55. The topological polar surface area (TPSA) is 75.1 Å². The van der Waals surface area contributed by atoms with Gasteiger partial charge in [0.25, 0.3) is 0 Å². The fraction of sp³-hybridized carbons (Fsp3) is 0.636. The number of ether oxygens (including phenoxy) is 1. The van der Waals surface area contributed by atoms with E-state index in [0.29, 0.717) is 30.3 Å². The number of rotatable bonds is 4. The maximum Gasteiger partial charge on any atom is 0.320 e. The first-order valence-corrected chi connectivity index (χ1v) is 11.0. The van der Waals surface area contributed by atoms with Crippen molar-refractivity contribution in [1.82, 2.24) is 10.2 Å². The standard InChI is InChI=1S/C22H32N4O3/c1-29-19-10-4-3-9-18(19)23-21(28)24-22(11-5-2-6-12-22)20(27)26-15-14-25-13-7-8-17(25)16-26/h3-4,9-10,17H,2,5-8,11-16H2,1H3,(H2,23,24,28)/p+1/t17-/m0/s1. The van der Waals surface area contributed by atoms with E-state index in [-0.39, 0.29) is 11.9 Å². The highest BCUT2D eigenvalue weighted by Crippen LogP contribution is 2.31. The summed E-state index contributed by atoms with van der Waals surface area (Å²) < 4.78 is 5.32. The van der Waals surface area contributed by atoms with E-state index >= 15 is 0 Å². The lowest BCUT2D eigenvalue weighted by atomic mass is 9.80. The van der Waals surface area contributed by atoms with Crippen LogP contribution in [-0.2, 0) is 4.79 Å². The summed E-state index contributed by atoms with van der Waals surface area (Å²) >= 11 is 0. The third kappa shape index (κ3) is 4.20. The Labute approximate surface area is 172 Å². The van der Waals surface area contributed by atoms with Crippen molar-refractivity contribution in [1.29, 1.82) is 0 Å². The fourth-order valence-corrected chi connectivity index (χ4v) is 5.32. The Balaban J connectivity index is 1.47. The van der Waals surface area contributed by atoms with Crippen LogP contribution in [0.15, 0.2) is 24.3 Å². The number of hydrogen-bond acceptors (Lipinski definition) is 3. The largest absolute Gasteiger partial charge is 0.495 e. The van der Waals surface area contributed by atoms with Gasteiger partial charge in [0, 0.05) is 12.8 Å². The Hall–Kier alpha value is -2.28. The summed E-state index contributed by atoms with van der Waals surface area (Å²) in [5, 5.41) is 5.96. The molecule has 1 saturated carbocycles. The van der Waals surface area contributed by atoms with Crippen molar-refractivity contribution >= 4 is 17.6 Å². The summed E-state index contributed by atoms with van der Waals surface area (Å²) in [5.41, 5.74) is -0.186. The zero-order chi connectivity index (χ0) is 20.3. The number of urea groups is 1. The zero-order valence-electron chi connectivity index (χ0n) is 17.3. The van der Waals surface area contributed by atoms with E-state index in [1.807, 2.05) is 17.0 Å². The van der Waals surface area contributed by atoms with Crippen LogP contribution >= 0.6 is 0 Å². The molecule has 158 valence electrons. The van der Waals surface area contributed by atoms with Gasteiger partial charge in [-0.1, -0.05) is 31.4 Å². The molecular formula is C22H33N4O3+. The van der Waals surface area contributed by atoms with Crippen LogP contribution in [0.1, 0.15) is 44.9 Å². The summed E-state index contributed by atoms with van der Waals surface area (Å²) in [7, 11) is 1.58. The van der Waals surface area contributed by atoms with Gasteiger partial charge in [0.05, 0.1) is 39.0 Å². The van der Waals surface area contributed by atoms with Gasteiger partial charge in [0.2, 0.25) is 5.91 Å². The second-order valence-corrected chi connectivity index (χ2v) is 8.67. The van der Waals surface area contributed by atoms with Crippen LogP contribution in [0.5, 0.6) is 5.75 Å². The van der Waals surface area contributed by atoms with Crippen molar-refractivity contribution < 1.29 is 19.2 Å². The number of hydrogen-bond donors (Lipinski definition) is 3. The van der Waals surface area contributed by atoms with Gasteiger partial charge < -0.3 is 25.2 Å². The van der Waals surface area contributed by atoms with Crippen molar-refractivity contribution in [2.75, 3.05) is 38.6 Å². The van der Waals surface area contributed by atoms with Crippen molar-refractivity contribution in [3.05, 3.63) is 24.3 Å². The number of amides is 3. The maximum atomic E-state index is 13.6. The summed E-state index contributed by atoms with van der Waals surface area (Å²) in [4.78, 5) is 30.2. The molecule has 0 aromatic heterocycles. The van der Waals surface area contributed by atoms with Crippen LogP contribution in [-0.4, -0.2) is 61.7 Å². The molecule has 1 aromatic carbocycles. The quantitative estimate of drug-likeness (QED) is 0.714. The number of anilines is 1. The average molecular weight is 402 g/mol. The minimum Gasteiger partial charge on any atom is -0.495 e. The van der Waals surface area contributed by atoms with E-state index in [1.54, 1.807) is 24.1 Å². The number of piperazine rings is 1. The van der Waals surface area contributed by atoms with E-state index in [1.165, 1.54) is 19.4 Å². The molecule has 1 unspecified atom stereocenters. The smallest absolute Gasteiger partial charge is 0.320 e. The molecule has 0 bridgehead atoms. The Morgan fingerprint density at radius 3 is 2.72 bits per heavy atom. The SMILES string of the molecule is COc1ccccc1NC(=O)NC1(C(=O)N2CC[NH+]3CCC[C@H]3C2)CCCCC1. The number of nitrogens with one attached hydrogen (secondary N) is 3. The normalized spacial score (nSPS) is 25.8. The first kappa shape index (κ1) is 20.0. The molecule has 4 rings (SSSR count). The second-order valence-electron chi connectivity index (χ2n) is 8.67. The van der Waals surface area contributed by atoms with Crippen LogP contribution in [0.25, 0.3) is 0 Å². The molecule has 3 aliphatic rings. The van der Waals surface area contributed by atoms with Gasteiger partial charge in [0.1, 0.15) is 17.3 Å². The van der Waals surface area contributed by atoms with Gasteiger partial charge in [-0.2, -0.15) is 0 Å². The highest BCUT2D eigenvalue weighted by atomic mass is 16.5. The number of methoxy groups -OCH3 is 1. The van der Waals surface area contributed by atoms with Crippen LogP contribution < -0.4 is 20.3 Å². The molecule has 3 fully saturated rings. The number of fused-ring (bicyclic) bond motifs is 1. The van der Waals surface area contributed by atoms with Gasteiger partial charge in [-0.25, -0.2) is 4.79 Å². The van der Waals surface area contributed by atoms with Crippen LogP contribution in [0.4, 0.5) is 10.5 Å². The lowest BCUT2D eigenvalue weighted by Crippen LogP contribution is -3.16. The molecular weight excluding hydrogens is 368 g/mol. The lowest BCUT2D eigenvalue weighted by molar-refractivity contribution is -0.916. The Kier molecular flexibility index (Phi) is 5.94. The molecule has 29 heavy (non-hydrogen) atoms. The van der Waals surface area contributed by atoms with E-state index in [4.69, 9.17) is 4.74 Å². The number of quaternary nitrogens is 1.